The van der Waals surface area contributed by atoms with Gasteiger partial charge in [-0.25, -0.2) is 0 Å². The molecule has 2 rings (SSSR count). The van der Waals surface area contributed by atoms with Gasteiger partial charge >= 0.3 is 0 Å². The summed E-state index contributed by atoms with van der Waals surface area (Å²) in [5, 5.41) is 3.60. The Balaban J connectivity index is 2.21. The van der Waals surface area contributed by atoms with Crippen LogP contribution in [0.5, 0.6) is 0 Å². The molecule has 0 aromatic heterocycles. The quantitative estimate of drug-likeness (QED) is 0.828. The second kappa shape index (κ2) is 6.76. The van der Waals surface area contributed by atoms with Crippen LogP contribution in [0, 0.1) is 0 Å². The molecular formula is C16H25BrN2. The number of rotatable bonds is 6. The zero-order valence-electron chi connectivity index (χ0n) is 12.2. The van der Waals surface area contributed by atoms with Crippen LogP contribution in [-0.2, 0) is 0 Å². The standard InChI is InChI=1S/C16H25BrN2/c1-4-10-18-12(2)15-9-8-13(17)11-16(15)19(3)14-6-5-7-14/h8-9,11-12,14,18H,4-7,10H2,1-3H3. The predicted octanol–water partition coefficient (Wildman–Crippen LogP) is 4.50. The van der Waals surface area contributed by atoms with E-state index in [4.69, 9.17) is 0 Å². The Morgan fingerprint density at radius 1 is 1.42 bits per heavy atom. The van der Waals surface area contributed by atoms with E-state index in [0.717, 1.165) is 12.6 Å². The molecule has 2 nitrogen and oxygen atoms in total. The molecule has 106 valence electrons. The minimum atomic E-state index is 0.408. The molecule has 1 unspecified atom stereocenters. The van der Waals surface area contributed by atoms with Crippen LogP contribution in [0.3, 0.4) is 0 Å². The van der Waals surface area contributed by atoms with Crippen molar-refractivity contribution in [2.45, 2.75) is 51.6 Å². The monoisotopic (exact) mass is 324 g/mol. The molecule has 0 aliphatic heterocycles. The maximum Gasteiger partial charge on any atom is 0.0425 e. The molecule has 0 amide bonds. The average Bonchev–Trinajstić information content (AvgIpc) is 2.33. The van der Waals surface area contributed by atoms with E-state index in [1.54, 1.807) is 0 Å². The van der Waals surface area contributed by atoms with Crippen molar-refractivity contribution in [3.8, 4) is 0 Å². The number of hydrogen-bond donors (Lipinski definition) is 1. The van der Waals surface area contributed by atoms with Gasteiger partial charge in [0.05, 0.1) is 0 Å². The first-order valence-electron chi connectivity index (χ1n) is 7.39. The van der Waals surface area contributed by atoms with E-state index in [2.05, 4.69) is 65.2 Å². The van der Waals surface area contributed by atoms with Gasteiger partial charge in [0.1, 0.15) is 0 Å². The number of nitrogens with zero attached hydrogens (tertiary/aromatic N) is 1. The lowest BCUT2D eigenvalue weighted by Crippen LogP contribution is -2.38. The molecule has 1 aliphatic rings. The van der Waals surface area contributed by atoms with Crippen molar-refractivity contribution in [3.63, 3.8) is 0 Å². The van der Waals surface area contributed by atoms with E-state index in [0.29, 0.717) is 6.04 Å². The van der Waals surface area contributed by atoms with E-state index in [9.17, 15) is 0 Å². The molecule has 19 heavy (non-hydrogen) atoms. The Bertz CT molecular complexity index is 415. The van der Waals surface area contributed by atoms with Crippen molar-refractivity contribution in [1.29, 1.82) is 0 Å². The maximum absolute atomic E-state index is 3.61. The van der Waals surface area contributed by atoms with Crippen LogP contribution in [0.1, 0.15) is 51.1 Å². The van der Waals surface area contributed by atoms with Crippen molar-refractivity contribution in [3.05, 3.63) is 28.2 Å². The van der Waals surface area contributed by atoms with Crippen LogP contribution < -0.4 is 10.2 Å². The van der Waals surface area contributed by atoms with Crippen LogP contribution in [0.4, 0.5) is 5.69 Å². The topological polar surface area (TPSA) is 15.3 Å². The fourth-order valence-corrected chi connectivity index (χ4v) is 2.98. The summed E-state index contributed by atoms with van der Waals surface area (Å²) in [5.74, 6) is 0. The van der Waals surface area contributed by atoms with Crippen molar-refractivity contribution in [2.24, 2.45) is 0 Å². The normalized spacial score (nSPS) is 17.1. The van der Waals surface area contributed by atoms with Gasteiger partial charge in [0.25, 0.3) is 0 Å². The summed E-state index contributed by atoms with van der Waals surface area (Å²) in [7, 11) is 2.24. The fourth-order valence-electron chi connectivity index (χ4n) is 2.63. The van der Waals surface area contributed by atoms with E-state index < -0.39 is 0 Å². The first-order valence-corrected chi connectivity index (χ1v) is 8.18. The van der Waals surface area contributed by atoms with Crippen LogP contribution in [0.25, 0.3) is 0 Å². The van der Waals surface area contributed by atoms with Gasteiger partial charge in [0.2, 0.25) is 0 Å². The minimum absolute atomic E-state index is 0.408. The van der Waals surface area contributed by atoms with Crippen molar-refractivity contribution in [1.82, 2.24) is 5.32 Å². The molecule has 0 spiro atoms. The molecule has 1 aliphatic carbocycles. The van der Waals surface area contributed by atoms with Crippen LogP contribution in [0.2, 0.25) is 0 Å². The lowest BCUT2D eigenvalue weighted by Gasteiger charge is -2.38. The molecular weight excluding hydrogens is 300 g/mol. The van der Waals surface area contributed by atoms with Crippen molar-refractivity contribution < 1.29 is 0 Å². The Labute approximate surface area is 125 Å². The summed E-state index contributed by atoms with van der Waals surface area (Å²) in [6, 6.07) is 7.80. The summed E-state index contributed by atoms with van der Waals surface area (Å²) in [6.45, 7) is 5.55. The first kappa shape index (κ1) is 14.9. The van der Waals surface area contributed by atoms with Crippen molar-refractivity contribution in [2.75, 3.05) is 18.5 Å². The molecule has 1 N–H and O–H groups in total. The van der Waals surface area contributed by atoms with E-state index in [1.165, 1.54) is 41.4 Å². The third kappa shape index (κ3) is 3.51. The zero-order valence-corrected chi connectivity index (χ0v) is 13.8. The SMILES string of the molecule is CCCNC(C)c1ccc(Br)cc1N(C)C1CCC1. The molecule has 1 fully saturated rings. The second-order valence-corrected chi connectivity index (χ2v) is 6.49. The molecule has 0 heterocycles. The molecule has 1 aromatic rings. The smallest absolute Gasteiger partial charge is 0.0425 e. The van der Waals surface area contributed by atoms with Gasteiger partial charge in [-0.3, -0.25) is 0 Å². The summed E-state index contributed by atoms with van der Waals surface area (Å²) in [4.78, 5) is 2.47. The molecule has 0 radical (unpaired) electrons. The number of anilines is 1. The van der Waals surface area contributed by atoms with Gasteiger partial charge in [-0.1, -0.05) is 28.9 Å². The second-order valence-electron chi connectivity index (χ2n) is 5.57. The summed E-state index contributed by atoms with van der Waals surface area (Å²) in [5.41, 5.74) is 2.78. The minimum Gasteiger partial charge on any atom is -0.371 e. The number of benzene rings is 1. The lowest BCUT2D eigenvalue weighted by molar-refractivity contribution is 0.399. The molecule has 1 saturated carbocycles. The van der Waals surface area contributed by atoms with Crippen LogP contribution >= 0.6 is 15.9 Å². The van der Waals surface area contributed by atoms with E-state index in [1.807, 2.05) is 0 Å². The van der Waals surface area contributed by atoms with Crippen molar-refractivity contribution >= 4 is 21.6 Å². The summed E-state index contributed by atoms with van der Waals surface area (Å²) >= 11 is 3.61. The molecule has 3 heteroatoms. The van der Waals surface area contributed by atoms with Crippen LogP contribution in [0.15, 0.2) is 22.7 Å². The van der Waals surface area contributed by atoms with Gasteiger partial charge < -0.3 is 10.2 Å². The van der Waals surface area contributed by atoms with E-state index >= 15 is 0 Å². The van der Waals surface area contributed by atoms with Gasteiger partial charge in [-0.2, -0.15) is 0 Å². The maximum atomic E-state index is 3.61. The van der Waals surface area contributed by atoms with Gasteiger partial charge in [-0.15, -0.1) is 0 Å². The number of halogens is 1. The third-order valence-electron chi connectivity index (χ3n) is 4.16. The highest BCUT2D eigenvalue weighted by molar-refractivity contribution is 9.10. The summed E-state index contributed by atoms with van der Waals surface area (Å²) < 4.78 is 1.17. The summed E-state index contributed by atoms with van der Waals surface area (Å²) in [6.07, 6.45) is 5.22. The highest BCUT2D eigenvalue weighted by Crippen LogP contribution is 2.34. The van der Waals surface area contributed by atoms with Crippen LogP contribution in [-0.4, -0.2) is 19.6 Å². The fraction of sp³-hybridized carbons (Fsp3) is 0.625. The average molecular weight is 325 g/mol. The molecule has 1 aromatic carbocycles. The third-order valence-corrected chi connectivity index (χ3v) is 4.66. The Morgan fingerprint density at radius 2 is 2.16 bits per heavy atom. The number of nitrogens with one attached hydrogen (secondary N) is 1. The van der Waals surface area contributed by atoms with Gasteiger partial charge in [0, 0.05) is 29.3 Å². The lowest BCUT2D eigenvalue weighted by atomic mass is 9.90. The van der Waals surface area contributed by atoms with Gasteiger partial charge in [-0.05, 0) is 56.8 Å². The Kier molecular flexibility index (Phi) is 5.28. The van der Waals surface area contributed by atoms with Gasteiger partial charge in [0.15, 0.2) is 0 Å². The molecule has 0 saturated heterocycles. The first-order chi connectivity index (χ1) is 9.13. The predicted molar refractivity (Wildman–Crippen MR) is 86.9 cm³/mol. The Morgan fingerprint density at radius 3 is 2.74 bits per heavy atom. The number of hydrogen-bond acceptors (Lipinski definition) is 2. The Hall–Kier alpha value is -0.540. The molecule has 0 bridgehead atoms. The molecule has 1 atom stereocenters. The highest BCUT2D eigenvalue weighted by atomic mass is 79.9. The highest BCUT2D eigenvalue weighted by Gasteiger charge is 2.24. The largest absolute Gasteiger partial charge is 0.371 e. The van der Waals surface area contributed by atoms with E-state index in [-0.39, 0.29) is 0 Å². The zero-order chi connectivity index (χ0) is 13.8.